The molecule has 0 aliphatic carbocycles. The molecule has 0 aromatic carbocycles. The summed E-state index contributed by atoms with van der Waals surface area (Å²) in [5.74, 6) is 0. The number of hydrogen-bond acceptors (Lipinski definition) is 3. The molecule has 1 fully saturated rings. The van der Waals surface area contributed by atoms with E-state index in [1.54, 1.807) is 7.11 Å². The van der Waals surface area contributed by atoms with E-state index in [1.165, 1.54) is 6.42 Å². The molecule has 3 nitrogen and oxygen atoms in total. The molecule has 1 rings (SSSR count). The fourth-order valence-electron chi connectivity index (χ4n) is 2.05. The van der Waals surface area contributed by atoms with Crippen molar-refractivity contribution >= 4 is 0 Å². The summed E-state index contributed by atoms with van der Waals surface area (Å²) in [4.78, 5) is 0. The highest BCUT2D eigenvalue weighted by Crippen LogP contribution is 2.30. The fourth-order valence-corrected chi connectivity index (χ4v) is 2.05. The molecule has 0 saturated carbocycles. The lowest BCUT2D eigenvalue weighted by molar-refractivity contribution is 0.0732. The molecular formula is C10H21NO2. The van der Waals surface area contributed by atoms with Crippen molar-refractivity contribution in [2.45, 2.75) is 25.7 Å². The SMILES string of the molecule is COCCCC1(CO)CCCNC1. The second-order valence-corrected chi connectivity index (χ2v) is 4.03. The molecule has 0 amide bonds. The monoisotopic (exact) mass is 187 g/mol. The summed E-state index contributed by atoms with van der Waals surface area (Å²) in [7, 11) is 1.73. The van der Waals surface area contributed by atoms with Gasteiger partial charge in [-0.1, -0.05) is 0 Å². The summed E-state index contributed by atoms with van der Waals surface area (Å²) < 4.78 is 5.02. The van der Waals surface area contributed by atoms with Gasteiger partial charge < -0.3 is 15.2 Å². The van der Waals surface area contributed by atoms with Crippen molar-refractivity contribution in [3.8, 4) is 0 Å². The van der Waals surface area contributed by atoms with Crippen LogP contribution in [0.25, 0.3) is 0 Å². The first-order chi connectivity index (χ1) is 6.33. The molecule has 0 aromatic rings. The molecule has 2 N–H and O–H groups in total. The number of methoxy groups -OCH3 is 1. The highest BCUT2D eigenvalue weighted by molar-refractivity contribution is 4.84. The van der Waals surface area contributed by atoms with E-state index in [9.17, 15) is 5.11 Å². The van der Waals surface area contributed by atoms with Crippen molar-refractivity contribution in [2.75, 3.05) is 33.4 Å². The molecule has 0 bridgehead atoms. The van der Waals surface area contributed by atoms with Crippen LogP contribution in [0.5, 0.6) is 0 Å². The van der Waals surface area contributed by atoms with Crippen molar-refractivity contribution < 1.29 is 9.84 Å². The molecular weight excluding hydrogens is 166 g/mol. The molecule has 0 aromatic heterocycles. The summed E-state index contributed by atoms with van der Waals surface area (Å²) in [6, 6.07) is 0. The number of hydrogen-bond donors (Lipinski definition) is 2. The van der Waals surface area contributed by atoms with Crippen molar-refractivity contribution in [3.05, 3.63) is 0 Å². The Bertz CT molecular complexity index is 133. The van der Waals surface area contributed by atoms with Gasteiger partial charge in [0.05, 0.1) is 0 Å². The third kappa shape index (κ3) is 3.25. The van der Waals surface area contributed by atoms with E-state index in [-0.39, 0.29) is 5.41 Å². The molecule has 0 radical (unpaired) electrons. The van der Waals surface area contributed by atoms with Crippen LogP contribution in [0.2, 0.25) is 0 Å². The molecule has 1 aliphatic heterocycles. The Labute approximate surface area is 80.5 Å². The zero-order valence-electron chi connectivity index (χ0n) is 8.51. The van der Waals surface area contributed by atoms with E-state index in [4.69, 9.17) is 4.74 Å². The lowest BCUT2D eigenvalue weighted by Gasteiger charge is -2.36. The Morgan fingerprint density at radius 1 is 1.54 bits per heavy atom. The normalized spacial score (nSPS) is 29.1. The van der Waals surface area contributed by atoms with Crippen molar-refractivity contribution in [1.29, 1.82) is 0 Å². The van der Waals surface area contributed by atoms with Gasteiger partial charge in [0, 0.05) is 32.3 Å². The van der Waals surface area contributed by atoms with Crippen LogP contribution in [0.4, 0.5) is 0 Å². The number of aliphatic hydroxyl groups excluding tert-OH is 1. The second kappa shape index (κ2) is 5.58. The first kappa shape index (κ1) is 11.0. The predicted molar refractivity (Wildman–Crippen MR) is 52.7 cm³/mol. The second-order valence-electron chi connectivity index (χ2n) is 4.03. The average molecular weight is 187 g/mol. The Morgan fingerprint density at radius 3 is 2.92 bits per heavy atom. The van der Waals surface area contributed by atoms with Gasteiger partial charge >= 0.3 is 0 Å². The Morgan fingerprint density at radius 2 is 2.38 bits per heavy atom. The van der Waals surface area contributed by atoms with Gasteiger partial charge in [-0.2, -0.15) is 0 Å². The minimum atomic E-state index is 0.136. The van der Waals surface area contributed by atoms with E-state index in [0.717, 1.165) is 39.0 Å². The minimum absolute atomic E-state index is 0.136. The third-order valence-corrected chi connectivity index (χ3v) is 2.95. The van der Waals surface area contributed by atoms with Gasteiger partial charge in [0.1, 0.15) is 0 Å². The summed E-state index contributed by atoms with van der Waals surface area (Å²) in [6.07, 6.45) is 4.47. The van der Waals surface area contributed by atoms with Crippen molar-refractivity contribution in [2.24, 2.45) is 5.41 Å². The van der Waals surface area contributed by atoms with Crippen LogP contribution in [0, 0.1) is 5.41 Å². The van der Waals surface area contributed by atoms with Gasteiger partial charge in [-0.3, -0.25) is 0 Å². The van der Waals surface area contributed by atoms with Gasteiger partial charge in [-0.05, 0) is 32.2 Å². The zero-order chi connectivity index (χ0) is 9.57. The smallest absolute Gasteiger partial charge is 0.0499 e. The molecule has 1 atom stereocenters. The maximum Gasteiger partial charge on any atom is 0.0499 e. The molecule has 1 unspecified atom stereocenters. The molecule has 13 heavy (non-hydrogen) atoms. The maximum absolute atomic E-state index is 9.36. The number of ether oxygens (including phenoxy) is 1. The van der Waals surface area contributed by atoms with E-state index in [2.05, 4.69) is 5.32 Å². The molecule has 0 spiro atoms. The van der Waals surface area contributed by atoms with Crippen molar-refractivity contribution in [1.82, 2.24) is 5.32 Å². The summed E-state index contributed by atoms with van der Waals surface area (Å²) in [5, 5.41) is 12.7. The highest BCUT2D eigenvalue weighted by atomic mass is 16.5. The molecule has 1 saturated heterocycles. The Balaban J connectivity index is 2.29. The zero-order valence-corrected chi connectivity index (χ0v) is 8.51. The number of aliphatic hydroxyl groups is 1. The molecule has 3 heteroatoms. The number of nitrogens with one attached hydrogen (secondary N) is 1. The topological polar surface area (TPSA) is 41.5 Å². The third-order valence-electron chi connectivity index (χ3n) is 2.95. The van der Waals surface area contributed by atoms with E-state index >= 15 is 0 Å². The van der Waals surface area contributed by atoms with E-state index in [0.29, 0.717) is 6.61 Å². The molecule has 1 aliphatic rings. The van der Waals surface area contributed by atoms with Crippen LogP contribution in [-0.4, -0.2) is 38.5 Å². The van der Waals surface area contributed by atoms with Crippen LogP contribution >= 0.6 is 0 Å². The van der Waals surface area contributed by atoms with Gasteiger partial charge in [-0.15, -0.1) is 0 Å². The highest BCUT2D eigenvalue weighted by Gasteiger charge is 2.30. The number of rotatable bonds is 5. The Hall–Kier alpha value is -0.120. The number of piperidine rings is 1. The summed E-state index contributed by atoms with van der Waals surface area (Å²) >= 11 is 0. The van der Waals surface area contributed by atoms with Crippen LogP contribution < -0.4 is 5.32 Å². The van der Waals surface area contributed by atoms with Crippen molar-refractivity contribution in [3.63, 3.8) is 0 Å². The lowest BCUT2D eigenvalue weighted by Crippen LogP contribution is -2.42. The van der Waals surface area contributed by atoms with Gasteiger partial charge in [-0.25, -0.2) is 0 Å². The largest absolute Gasteiger partial charge is 0.396 e. The van der Waals surface area contributed by atoms with Gasteiger partial charge in [0.25, 0.3) is 0 Å². The van der Waals surface area contributed by atoms with Gasteiger partial charge in [0.15, 0.2) is 0 Å². The lowest BCUT2D eigenvalue weighted by atomic mass is 9.78. The minimum Gasteiger partial charge on any atom is -0.396 e. The fraction of sp³-hybridized carbons (Fsp3) is 1.00. The van der Waals surface area contributed by atoms with E-state index in [1.807, 2.05) is 0 Å². The van der Waals surface area contributed by atoms with Gasteiger partial charge in [0.2, 0.25) is 0 Å². The first-order valence-corrected chi connectivity index (χ1v) is 5.13. The Kier molecular flexibility index (Phi) is 4.70. The molecule has 1 heterocycles. The quantitative estimate of drug-likeness (QED) is 0.625. The van der Waals surface area contributed by atoms with Crippen LogP contribution in [0.3, 0.4) is 0 Å². The van der Waals surface area contributed by atoms with Crippen LogP contribution in [0.1, 0.15) is 25.7 Å². The maximum atomic E-state index is 9.36. The average Bonchev–Trinajstić information content (AvgIpc) is 2.20. The summed E-state index contributed by atoms with van der Waals surface area (Å²) in [6.45, 7) is 3.19. The molecule has 78 valence electrons. The predicted octanol–water partition coefficient (Wildman–Crippen LogP) is 0.775. The van der Waals surface area contributed by atoms with Crippen LogP contribution in [0.15, 0.2) is 0 Å². The summed E-state index contributed by atoms with van der Waals surface area (Å²) in [5.41, 5.74) is 0.136. The first-order valence-electron chi connectivity index (χ1n) is 5.13. The van der Waals surface area contributed by atoms with Crippen LogP contribution in [-0.2, 0) is 4.74 Å². The van der Waals surface area contributed by atoms with E-state index < -0.39 is 0 Å². The standard InChI is InChI=1S/C10H21NO2/c1-13-7-3-5-10(9-12)4-2-6-11-8-10/h11-12H,2-9H2,1H3.